The Bertz CT molecular complexity index is 502. The second-order valence-corrected chi connectivity index (χ2v) is 10.1. The van der Waals surface area contributed by atoms with Gasteiger partial charge in [0.05, 0.1) is 5.54 Å². The van der Waals surface area contributed by atoms with Gasteiger partial charge in [-0.15, -0.1) is 0 Å². The Morgan fingerprint density at radius 3 is 2.68 bits per heavy atom. The molecule has 0 spiro atoms. The minimum absolute atomic E-state index is 0.397. The Balaban J connectivity index is 1.79. The highest BCUT2D eigenvalue weighted by atomic mass is 15.0. The third-order valence-electron chi connectivity index (χ3n) is 8.07. The van der Waals surface area contributed by atoms with E-state index < -0.39 is 0 Å². The molecule has 4 aliphatic rings. The Kier molecular flexibility index (Phi) is 3.36. The van der Waals surface area contributed by atoms with Gasteiger partial charge in [-0.25, -0.2) is 0 Å². The van der Waals surface area contributed by atoms with Crippen molar-refractivity contribution in [3.8, 4) is 0 Å². The van der Waals surface area contributed by atoms with Crippen LogP contribution < -0.4 is 5.32 Å². The smallest absolute Gasteiger partial charge is 0.0729 e. The lowest BCUT2D eigenvalue weighted by atomic mass is 9.46. The monoisotopic (exact) mass is 301 g/mol. The zero-order valence-electron chi connectivity index (χ0n) is 15.1. The van der Waals surface area contributed by atoms with Gasteiger partial charge in [0.2, 0.25) is 0 Å². The van der Waals surface area contributed by atoms with Crippen LogP contribution in [-0.4, -0.2) is 5.54 Å². The summed E-state index contributed by atoms with van der Waals surface area (Å²) in [6.07, 6.45) is 9.94. The zero-order chi connectivity index (χ0) is 15.7. The summed E-state index contributed by atoms with van der Waals surface area (Å²) >= 11 is 0. The molecule has 0 amide bonds. The van der Waals surface area contributed by atoms with Crippen molar-refractivity contribution in [3.05, 3.63) is 18.2 Å². The zero-order valence-corrected chi connectivity index (χ0v) is 15.1. The van der Waals surface area contributed by atoms with Gasteiger partial charge in [-0.05, 0) is 74.5 Å². The molecule has 0 aromatic heterocycles. The maximum absolute atomic E-state index is 4.24. The maximum atomic E-state index is 4.24. The van der Waals surface area contributed by atoms with E-state index in [1.54, 1.807) is 0 Å². The highest BCUT2D eigenvalue weighted by Gasteiger charge is 2.56. The first-order chi connectivity index (χ1) is 10.3. The van der Waals surface area contributed by atoms with E-state index in [9.17, 15) is 0 Å². The number of hydrogen-bond donors (Lipinski definition) is 1. The molecule has 0 aromatic rings. The first-order valence-corrected chi connectivity index (χ1v) is 9.70. The van der Waals surface area contributed by atoms with E-state index in [1.165, 1.54) is 44.9 Å². The van der Waals surface area contributed by atoms with Crippen molar-refractivity contribution >= 4 is 0 Å². The Hall–Kier alpha value is -0.300. The summed E-state index contributed by atoms with van der Waals surface area (Å²) in [5, 5.41) is 2.32. The fourth-order valence-corrected chi connectivity index (χ4v) is 7.12. The van der Waals surface area contributed by atoms with Crippen molar-refractivity contribution in [2.24, 2.45) is 35.0 Å². The highest BCUT2D eigenvalue weighted by Crippen LogP contribution is 2.62. The molecule has 0 radical (unpaired) electrons. The molecule has 0 bridgehead atoms. The predicted octanol–water partition coefficient (Wildman–Crippen LogP) is 4.31. The van der Waals surface area contributed by atoms with Crippen molar-refractivity contribution in [2.75, 3.05) is 0 Å². The predicted molar refractivity (Wildman–Crippen MR) is 91.9 cm³/mol. The molecule has 0 aliphatic heterocycles. The largest absolute Gasteiger partial charge is 0.474 e. The second kappa shape index (κ2) is 4.85. The van der Waals surface area contributed by atoms with Crippen molar-refractivity contribution in [1.82, 2.24) is 0 Å². The molecule has 1 heteroatoms. The van der Waals surface area contributed by atoms with Gasteiger partial charge in [-0.1, -0.05) is 31.9 Å². The minimum atomic E-state index is 0.397. The molecule has 2 saturated carbocycles. The van der Waals surface area contributed by atoms with E-state index >= 15 is 0 Å². The van der Waals surface area contributed by atoms with E-state index in [1.807, 2.05) is 11.1 Å². The van der Waals surface area contributed by atoms with Gasteiger partial charge in [-0.2, -0.15) is 7.05 Å². The fourth-order valence-electron chi connectivity index (χ4n) is 7.12. The normalized spacial score (nSPS) is 49.8. The molecular formula is C21H35N. The van der Waals surface area contributed by atoms with Gasteiger partial charge in [0.15, 0.2) is 0 Å². The lowest BCUT2D eigenvalue weighted by Crippen LogP contribution is -2.94. The molecule has 2 N–H and O–H groups in total. The molecule has 0 unspecified atom stereocenters. The molecule has 0 saturated heterocycles. The summed E-state index contributed by atoms with van der Waals surface area (Å²) < 4.78 is 0. The van der Waals surface area contributed by atoms with E-state index in [4.69, 9.17) is 0 Å². The summed E-state index contributed by atoms with van der Waals surface area (Å²) in [6, 6.07) is 0. The lowest BCUT2D eigenvalue weighted by molar-refractivity contribution is -0.687. The van der Waals surface area contributed by atoms with Crippen LogP contribution in [0.25, 0.3) is 0 Å². The highest BCUT2D eigenvalue weighted by molar-refractivity contribution is 5.32. The molecule has 22 heavy (non-hydrogen) atoms. The quantitative estimate of drug-likeness (QED) is 0.549. The van der Waals surface area contributed by atoms with Gasteiger partial charge in [0.25, 0.3) is 0 Å². The Morgan fingerprint density at radius 2 is 1.95 bits per heavy atom. The van der Waals surface area contributed by atoms with Crippen LogP contribution in [0.1, 0.15) is 72.6 Å². The molecule has 6 atom stereocenters. The molecule has 0 heterocycles. The van der Waals surface area contributed by atoms with E-state index in [0.29, 0.717) is 11.0 Å². The van der Waals surface area contributed by atoms with Gasteiger partial charge in [-0.3, -0.25) is 0 Å². The molecule has 0 aromatic carbocycles. The second-order valence-electron chi connectivity index (χ2n) is 10.1. The first kappa shape index (κ1) is 15.2. The van der Waals surface area contributed by atoms with Crippen molar-refractivity contribution in [2.45, 2.75) is 78.2 Å². The third kappa shape index (κ3) is 2.07. The molecule has 124 valence electrons. The van der Waals surface area contributed by atoms with Gasteiger partial charge < -0.3 is 5.32 Å². The number of quaternary nitrogens is 1. The lowest BCUT2D eigenvalue weighted by Gasteiger charge is -2.60. The first-order valence-electron chi connectivity index (χ1n) is 9.70. The summed E-state index contributed by atoms with van der Waals surface area (Å²) in [4.78, 5) is 0. The minimum Gasteiger partial charge on any atom is -0.474 e. The van der Waals surface area contributed by atoms with E-state index in [-0.39, 0.29) is 0 Å². The molecule has 4 aliphatic carbocycles. The van der Waals surface area contributed by atoms with Gasteiger partial charge >= 0.3 is 0 Å². The van der Waals surface area contributed by atoms with Crippen LogP contribution in [-0.2, 0) is 0 Å². The van der Waals surface area contributed by atoms with E-state index in [2.05, 4.69) is 40.1 Å². The standard InChI is InChI=1S/C21H35N/c1-13-10-15-12-20(2,3)11-14-6-7-17-19(18(14)15)16(13)8-9-21(17,4)22-5/h13,15-17,19H,5-12,22H2,1-4H3/t13-,15-,16+,17+,19+,21-/m0/s1. The SMILES string of the molecule is [CH2-][NH2+][C@@]1(C)CC[C@H]2[C@H]3C4=C(CC[C@H]31)CC(C)(C)C[C@@H]4C[C@@H]2C. The summed E-state index contributed by atoms with van der Waals surface area (Å²) in [5.41, 5.74) is 4.81. The van der Waals surface area contributed by atoms with Gasteiger partial charge in [0.1, 0.15) is 0 Å². The summed E-state index contributed by atoms with van der Waals surface area (Å²) in [5.74, 6) is 4.61. The van der Waals surface area contributed by atoms with Crippen LogP contribution in [0.5, 0.6) is 0 Å². The van der Waals surface area contributed by atoms with Crippen molar-refractivity contribution in [3.63, 3.8) is 0 Å². The molecule has 2 fully saturated rings. The number of allylic oxidation sites excluding steroid dienone is 2. The topological polar surface area (TPSA) is 16.6 Å². The molecule has 4 rings (SSSR count). The van der Waals surface area contributed by atoms with Crippen LogP contribution in [0.4, 0.5) is 0 Å². The van der Waals surface area contributed by atoms with Crippen LogP contribution >= 0.6 is 0 Å². The van der Waals surface area contributed by atoms with Crippen LogP contribution in [0.2, 0.25) is 0 Å². The maximum Gasteiger partial charge on any atom is 0.0729 e. The fraction of sp³-hybridized carbons (Fsp3) is 0.857. The van der Waals surface area contributed by atoms with Crippen LogP contribution in [0.15, 0.2) is 11.1 Å². The Morgan fingerprint density at radius 1 is 1.18 bits per heavy atom. The van der Waals surface area contributed by atoms with Crippen LogP contribution in [0, 0.1) is 42.1 Å². The summed E-state index contributed by atoms with van der Waals surface area (Å²) in [6.45, 7) is 10.1. The van der Waals surface area contributed by atoms with Crippen LogP contribution in [0.3, 0.4) is 0 Å². The average Bonchev–Trinajstić information content (AvgIpc) is 2.45. The number of nitrogens with two attached hydrogens (primary N) is 1. The van der Waals surface area contributed by atoms with Crippen molar-refractivity contribution < 1.29 is 5.32 Å². The summed E-state index contributed by atoms with van der Waals surface area (Å²) in [7, 11) is 4.24. The third-order valence-corrected chi connectivity index (χ3v) is 8.07. The number of rotatable bonds is 1. The molecule has 1 nitrogen and oxygen atoms in total. The van der Waals surface area contributed by atoms with E-state index in [0.717, 1.165) is 29.6 Å². The average molecular weight is 302 g/mol. The van der Waals surface area contributed by atoms with Gasteiger partial charge in [0, 0.05) is 12.3 Å². The van der Waals surface area contributed by atoms with Crippen molar-refractivity contribution in [1.29, 1.82) is 0 Å². The molecular weight excluding hydrogens is 266 g/mol. The Labute approximate surface area is 137 Å². The number of hydrogen-bond acceptors (Lipinski definition) is 0.